The molecule has 3 unspecified atom stereocenters. The Balaban J connectivity index is 1.73. The van der Waals surface area contributed by atoms with E-state index in [0.29, 0.717) is 0 Å². The Hall–Kier alpha value is -0.0800. The normalized spacial score (nSPS) is 36.5. The Kier molecular flexibility index (Phi) is 2.89. The maximum atomic E-state index is 9.19. The van der Waals surface area contributed by atoms with Crippen LogP contribution in [0, 0.1) is 11.8 Å². The summed E-state index contributed by atoms with van der Waals surface area (Å²) in [6.45, 7) is 5.59. The van der Waals surface area contributed by atoms with Crippen molar-refractivity contribution < 1.29 is 5.11 Å². The van der Waals surface area contributed by atoms with Crippen molar-refractivity contribution in [3.8, 4) is 0 Å². The van der Waals surface area contributed by atoms with Gasteiger partial charge in [-0.25, -0.2) is 0 Å². The van der Waals surface area contributed by atoms with E-state index < -0.39 is 0 Å². The standard InChI is InChI=1S/C11H21NO/c1-9(13)5-6-12-7-10-3-2-4-11(10)8-12/h9-11,13H,2-8H2,1H3. The van der Waals surface area contributed by atoms with Crippen LogP contribution in [0.15, 0.2) is 0 Å². The van der Waals surface area contributed by atoms with E-state index in [1.165, 1.54) is 32.4 Å². The van der Waals surface area contributed by atoms with Crippen molar-refractivity contribution in [1.82, 2.24) is 4.90 Å². The van der Waals surface area contributed by atoms with Crippen molar-refractivity contribution in [2.45, 2.75) is 38.7 Å². The largest absolute Gasteiger partial charge is 0.393 e. The Labute approximate surface area is 80.9 Å². The van der Waals surface area contributed by atoms with E-state index in [0.717, 1.165) is 24.8 Å². The summed E-state index contributed by atoms with van der Waals surface area (Å²) in [5.74, 6) is 1.99. The number of rotatable bonds is 3. The molecule has 1 N–H and O–H groups in total. The molecule has 2 aliphatic rings. The summed E-state index contributed by atoms with van der Waals surface area (Å²) in [6.07, 6.45) is 5.19. The van der Waals surface area contributed by atoms with E-state index in [4.69, 9.17) is 0 Å². The molecule has 0 aromatic rings. The lowest BCUT2D eigenvalue weighted by Crippen LogP contribution is -2.25. The van der Waals surface area contributed by atoms with E-state index in [-0.39, 0.29) is 6.10 Å². The first-order valence-corrected chi connectivity index (χ1v) is 5.66. The SMILES string of the molecule is CC(O)CCN1CC2CCCC2C1. The number of likely N-dealkylation sites (tertiary alicyclic amines) is 1. The lowest BCUT2D eigenvalue weighted by atomic mass is 10.0. The van der Waals surface area contributed by atoms with Gasteiger partial charge in [0.05, 0.1) is 6.10 Å². The van der Waals surface area contributed by atoms with E-state index in [9.17, 15) is 5.11 Å². The molecular formula is C11H21NO. The van der Waals surface area contributed by atoms with Crippen molar-refractivity contribution in [1.29, 1.82) is 0 Å². The van der Waals surface area contributed by atoms with E-state index >= 15 is 0 Å². The minimum atomic E-state index is -0.125. The van der Waals surface area contributed by atoms with Crippen LogP contribution in [0.3, 0.4) is 0 Å². The first-order chi connectivity index (χ1) is 6.25. The van der Waals surface area contributed by atoms with Crippen LogP contribution in [0.5, 0.6) is 0 Å². The van der Waals surface area contributed by atoms with Crippen LogP contribution < -0.4 is 0 Å². The number of hydrogen-bond acceptors (Lipinski definition) is 2. The fourth-order valence-electron chi connectivity index (χ4n) is 2.88. The number of aliphatic hydroxyl groups is 1. The van der Waals surface area contributed by atoms with Crippen molar-refractivity contribution in [3.05, 3.63) is 0 Å². The second kappa shape index (κ2) is 3.97. The first-order valence-electron chi connectivity index (χ1n) is 5.66. The molecule has 0 aromatic carbocycles. The summed E-state index contributed by atoms with van der Waals surface area (Å²) in [7, 11) is 0. The minimum absolute atomic E-state index is 0.125. The number of hydrogen-bond donors (Lipinski definition) is 1. The van der Waals surface area contributed by atoms with Gasteiger partial charge in [-0.15, -0.1) is 0 Å². The zero-order valence-electron chi connectivity index (χ0n) is 8.58. The average molecular weight is 183 g/mol. The third-order valence-electron chi connectivity index (χ3n) is 3.67. The summed E-state index contributed by atoms with van der Waals surface area (Å²) in [6, 6.07) is 0. The fourth-order valence-corrected chi connectivity index (χ4v) is 2.88. The molecule has 2 fully saturated rings. The van der Waals surface area contributed by atoms with Crippen molar-refractivity contribution in [3.63, 3.8) is 0 Å². The Bertz CT molecular complexity index is 157. The highest BCUT2D eigenvalue weighted by molar-refractivity contribution is 4.88. The van der Waals surface area contributed by atoms with Crippen LogP contribution in [-0.4, -0.2) is 35.7 Å². The van der Waals surface area contributed by atoms with Gasteiger partial charge in [0, 0.05) is 19.6 Å². The average Bonchev–Trinajstić information content (AvgIpc) is 2.58. The van der Waals surface area contributed by atoms with Gasteiger partial charge in [-0.1, -0.05) is 6.42 Å². The monoisotopic (exact) mass is 183 g/mol. The predicted octanol–water partition coefficient (Wildman–Crippen LogP) is 1.49. The molecule has 1 aliphatic carbocycles. The quantitative estimate of drug-likeness (QED) is 0.716. The molecule has 3 atom stereocenters. The number of nitrogens with zero attached hydrogens (tertiary/aromatic N) is 1. The summed E-state index contributed by atoms with van der Waals surface area (Å²) < 4.78 is 0. The lowest BCUT2D eigenvalue weighted by Gasteiger charge is -2.17. The molecule has 2 heteroatoms. The van der Waals surface area contributed by atoms with Gasteiger partial charge in [-0.05, 0) is 38.0 Å². The highest BCUT2D eigenvalue weighted by Gasteiger charge is 2.35. The van der Waals surface area contributed by atoms with Gasteiger partial charge in [0.1, 0.15) is 0 Å². The van der Waals surface area contributed by atoms with Crippen molar-refractivity contribution >= 4 is 0 Å². The third-order valence-corrected chi connectivity index (χ3v) is 3.67. The van der Waals surface area contributed by atoms with Gasteiger partial charge in [-0.2, -0.15) is 0 Å². The van der Waals surface area contributed by atoms with Gasteiger partial charge in [-0.3, -0.25) is 0 Å². The zero-order chi connectivity index (χ0) is 9.26. The molecule has 0 aromatic heterocycles. The molecule has 2 nitrogen and oxygen atoms in total. The third kappa shape index (κ3) is 2.23. The van der Waals surface area contributed by atoms with Gasteiger partial charge >= 0.3 is 0 Å². The molecule has 0 amide bonds. The van der Waals surface area contributed by atoms with Crippen LogP contribution in [0.1, 0.15) is 32.6 Å². The molecule has 76 valence electrons. The summed E-state index contributed by atoms with van der Waals surface area (Å²) in [5, 5.41) is 9.19. The van der Waals surface area contributed by atoms with Gasteiger partial charge < -0.3 is 10.0 Å². The molecule has 2 rings (SSSR count). The van der Waals surface area contributed by atoms with Crippen LogP contribution in [0.25, 0.3) is 0 Å². The van der Waals surface area contributed by atoms with Gasteiger partial charge in [0.15, 0.2) is 0 Å². The van der Waals surface area contributed by atoms with E-state index in [1.807, 2.05) is 6.92 Å². The van der Waals surface area contributed by atoms with Crippen LogP contribution in [0.2, 0.25) is 0 Å². The minimum Gasteiger partial charge on any atom is -0.393 e. The summed E-state index contributed by atoms with van der Waals surface area (Å²) in [5.41, 5.74) is 0. The van der Waals surface area contributed by atoms with Crippen LogP contribution in [-0.2, 0) is 0 Å². The van der Waals surface area contributed by atoms with Crippen molar-refractivity contribution in [2.24, 2.45) is 11.8 Å². The highest BCUT2D eigenvalue weighted by Crippen LogP contribution is 2.37. The Morgan fingerprint density at radius 1 is 1.31 bits per heavy atom. The Morgan fingerprint density at radius 2 is 1.92 bits per heavy atom. The summed E-state index contributed by atoms with van der Waals surface area (Å²) >= 11 is 0. The second-order valence-electron chi connectivity index (χ2n) is 4.85. The molecule has 1 aliphatic heterocycles. The lowest BCUT2D eigenvalue weighted by molar-refractivity contribution is 0.161. The molecule has 1 heterocycles. The van der Waals surface area contributed by atoms with Crippen LogP contribution in [0.4, 0.5) is 0 Å². The topological polar surface area (TPSA) is 23.5 Å². The first kappa shape index (κ1) is 9.47. The smallest absolute Gasteiger partial charge is 0.0524 e. The van der Waals surface area contributed by atoms with Gasteiger partial charge in [0.25, 0.3) is 0 Å². The van der Waals surface area contributed by atoms with E-state index in [1.54, 1.807) is 0 Å². The molecule has 0 spiro atoms. The maximum Gasteiger partial charge on any atom is 0.0524 e. The molecule has 0 bridgehead atoms. The van der Waals surface area contributed by atoms with Gasteiger partial charge in [0.2, 0.25) is 0 Å². The second-order valence-corrected chi connectivity index (χ2v) is 4.85. The van der Waals surface area contributed by atoms with E-state index in [2.05, 4.69) is 4.90 Å². The molecule has 0 radical (unpaired) electrons. The molecular weight excluding hydrogens is 162 g/mol. The zero-order valence-corrected chi connectivity index (χ0v) is 8.58. The number of aliphatic hydroxyl groups excluding tert-OH is 1. The fraction of sp³-hybridized carbons (Fsp3) is 1.00. The maximum absolute atomic E-state index is 9.19. The highest BCUT2D eigenvalue weighted by atomic mass is 16.3. The number of fused-ring (bicyclic) bond motifs is 1. The Morgan fingerprint density at radius 3 is 2.46 bits per heavy atom. The predicted molar refractivity (Wildman–Crippen MR) is 53.6 cm³/mol. The van der Waals surface area contributed by atoms with Crippen molar-refractivity contribution in [2.75, 3.05) is 19.6 Å². The van der Waals surface area contributed by atoms with Crippen LogP contribution >= 0.6 is 0 Å². The molecule has 1 saturated carbocycles. The molecule has 13 heavy (non-hydrogen) atoms. The molecule has 1 saturated heterocycles. The summed E-state index contributed by atoms with van der Waals surface area (Å²) in [4.78, 5) is 2.54.